The Bertz CT molecular complexity index is 633. The third-order valence-electron chi connectivity index (χ3n) is 4.62. The van der Waals surface area contributed by atoms with Crippen molar-refractivity contribution in [3.8, 4) is 0 Å². The van der Waals surface area contributed by atoms with Crippen LogP contribution in [0.15, 0.2) is 24.3 Å². The number of aryl methyl sites for hydroxylation is 1. The molecule has 144 valence electrons. The van der Waals surface area contributed by atoms with E-state index in [4.69, 9.17) is 0 Å². The smallest absolute Gasteiger partial charge is 0.243 e. The van der Waals surface area contributed by atoms with Crippen molar-refractivity contribution in [3.05, 3.63) is 35.4 Å². The predicted molar refractivity (Wildman–Crippen MR) is 107 cm³/mol. The molecule has 0 aliphatic carbocycles. The number of nitrogens with one attached hydrogen (secondary N) is 2. The van der Waals surface area contributed by atoms with Crippen molar-refractivity contribution in [1.29, 1.82) is 0 Å². The minimum absolute atomic E-state index is 0.0330. The Labute approximate surface area is 161 Å². The molecule has 1 aliphatic rings. The van der Waals surface area contributed by atoms with Gasteiger partial charge in [-0.15, -0.1) is 11.8 Å². The molecule has 5 nitrogen and oxygen atoms in total. The lowest BCUT2D eigenvalue weighted by atomic mass is 9.99. The van der Waals surface area contributed by atoms with E-state index in [0.717, 1.165) is 17.7 Å². The largest absolute Gasteiger partial charge is 0.349 e. The normalized spacial score (nSPS) is 18.7. The number of quaternary nitrogens is 1. The molecule has 1 saturated heterocycles. The Kier molecular flexibility index (Phi) is 7.53. The summed E-state index contributed by atoms with van der Waals surface area (Å²) in [7, 11) is 4.12. The third-order valence-corrected chi connectivity index (χ3v) is 5.83. The number of benzene rings is 1. The molecule has 0 saturated carbocycles. The van der Waals surface area contributed by atoms with Gasteiger partial charge in [-0.1, -0.05) is 38.1 Å². The molecule has 1 fully saturated rings. The van der Waals surface area contributed by atoms with Crippen LogP contribution < -0.4 is 10.2 Å². The van der Waals surface area contributed by atoms with Crippen LogP contribution in [0.5, 0.6) is 0 Å². The number of thioether (sulfide) groups is 1. The number of carbonyl (C=O) groups is 2. The fraction of sp³-hybridized carbons (Fsp3) is 0.600. The number of hydrogen-bond donors (Lipinski definition) is 2. The van der Waals surface area contributed by atoms with Crippen LogP contribution in [-0.4, -0.2) is 55.7 Å². The molecule has 2 amide bonds. The summed E-state index contributed by atoms with van der Waals surface area (Å²) in [6.07, 6.45) is 0.676. The molecule has 2 atom stereocenters. The number of rotatable bonds is 8. The van der Waals surface area contributed by atoms with E-state index in [1.807, 2.05) is 17.0 Å². The second-order valence-electron chi connectivity index (χ2n) is 7.71. The van der Waals surface area contributed by atoms with Gasteiger partial charge in [-0.3, -0.25) is 9.59 Å². The summed E-state index contributed by atoms with van der Waals surface area (Å²) in [5.74, 6) is 0.792. The van der Waals surface area contributed by atoms with Gasteiger partial charge in [-0.25, -0.2) is 0 Å². The summed E-state index contributed by atoms with van der Waals surface area (Å²) >= 11 is 1.62. The van der Waals surface area contributed by atoms with Gasteiger partial charge >= 0.3 is 0 Å². The molecule has 1 aliphatic heterocycles. The van der Waals surface area contributed by atoms with Crippen molar-refractivity contribution >= 4 is 23.6 Å². The molecule has 0 radical (unpaired) electrons. The molecule has 1 aromatic carbocycles. The monoisotopic (exact) mass is 378 g/mol. The van der Waals surface area contributed by atoms with Crippen molar-refractivity contribution in [2.75, 3.05) is 32.9 Å². The van der Waals surface area contributed by atoms with Crippen LogP contribution in [-0.2, 0) is 9.59 Å². The van der Waals surface area contributed by atoms with Crippen molar-refractivity contribution in [1.82, 2.24) is 10.2 Å². The van der Waals surface area contributed by atoms with Crippen molar-refractivity contribution < 1.29 is 14.5 Å². The zero-order valence-corrected chi connectivity index (χ0v) is 17.4. The fourth-order valence-electron chi connectivity index (χ4n) is 3.22. The first kappa shape index (κ1) is 20.8. The molecule has 0 aromatic heterocycles. The average Bonchev–Trinajstić information content (AvgIpc) is 2.93. The molecular formula is C20H32N3O2S+. The minimum Gasteiger partial charge on any atom is -0.349 e. The standard InChI is InChI=1S/C20H31N3O2S/c1-14(2)12-17(19(25)21-10-11-22(4)5)23-18(24)13-26-20(23)16-9-7-6-8-15(16)3/h6-9,14,17,20H,10-13H2,1-5H3,(H,21,25)/p+1/t17-,20+/m1/s1. The van der Waals surface area contributed by atoms with Gasteiger partial charge in [0.25, 0.3) is 0 Å². The second-order valence-corrected chi connectivity index (χ2v) is 8.78. The molecule has 0 spiro atoms. The Balaban J connectivity index is 2.24. The van der Waals surface area contributed by atoms with E-state index in [-0.39, 0.29) is 17.2 Å². The van der Waals surface area contributed by atoms with Crippen molar-refractivity contribution in [3.63, 3.8) is 0 Å². The average molecular weight is 379 g/mol. The van der Waals surface area contributed by atoms with Gasteiger partial charge in [0.1, 0.15) is 11.4 Å². The van der Waals surface area contributed by atoms with E-state index < -0.39 is 6.04 Å². The van der Waals surface area contributed by atoms with E-state index in [9.17, 15) is 9.59 Å². The zero-order valence-electron chi connectivity index (χ0n) is 16.5. The first-order valence-electron chi connectivity index (χ1n) is 9.36. The highest BCUT2D eigenvalue weighted by molar-refractivity contribution is 8.00. The van der Waals surface area contributed by atoms with E-state index in [1.54, 1.807) is 11.8 Å². The first-order valence-corrected chi connectivity index (χ1v) is 10.4. The SMILES string of the molecule is Cc1ccccc1[C@@H]1SCC(=O)N1[C@H](CC(C)C)C(=O)NCC[NH+](C)C. The summed E-state index contributed by atoms with van der Waals surface area (Å²) in [4.78, 5) is 28.7. The van der Waals surface area contributed by atoms with Crippen LogP contribution in [0.2, 0.25) is 0 Å². The Morgan fingerprint density at radius 1 is 1.35 bits per heavy atom. The highest BCUT2D eigenvalue weighted by Gasteiger charge is 2.41. The molecular weight excluding hydrogens is 346 g/mol. The van der Waals surface area contributed by atoms with Crippen LogP contribution in [0.3, 0.4) is 0 Å². The van der Waals surface area contributed by atoms with Gasteiger partial charge in [0, 0.05) is 0 Å². The van der Waals surface area contributed by atoms with Crippen LogP contribution in [0.1, 0.15) is 36.8 Å². The number of amides is 2. The highest BCUT2D eigenvalue weighted by Crippen LogP contribution is 2.42. The Morgan fingerprint density at radius 3 is 2.65 bits per heavy atom. The van der Waals surface area contributed by atoms with Gasteiger partial charge in [-0.2, -0.15) is 0 Å². The maximum Gasteiger partial charge on any atom is 0.243 e. The molecule has 2 N–H and O–H groups in total. The topological polar surface area (TPSA) is 53.9 Å². The van der Waals surface area contributed by atoms with Gasteiger partial charge in [0.2, 0.25) is 11.8 Å². The van der Waals surface area contributed by atoms with E-state index >= 15 is 0 Å². The lowest BCUT2D eigenvalue weighted by Crippen LogP contribution is -3.06. The molecule has 0 unspecified atom stereocenters. The Morgan fingerprint density at radius 2 is 2.04 bits per heavy atom. The molecule has 0 bridgehead atoms. The maximum absolute atomic E-state index is 12.9. The number of nitrogens with zero attached hydrogens (tertiary/aromatic N) is 1. The summed E-state index contributed by atoms with van der Waals surface area (Å²) < 4.78 is 0. The Hall–Kier alpha value is -1.53. The van der Waals surface area contributed by atoms with E-state index in [1.165, 1.54) is 4.90 Å². The molecule has 1 aromatic rings. The predicted octanol–water partition coefficient (Wildman–Crippen LogP) is 1.24. The van der Waals surface area contributed by atoms with Crippen LogP contribution in [0.25, 0.3) is 0 Å². The second kappa shape index (κ2) is 9.42. The number of carbonyl (C=O) groups excluding carboxylic acids is 2. The van der Waals surface area contributed by atoms with Gasteiger partial charge in [-0.05, 0) is 30.4 Å². The summed E-state index contributed by atoms with van der Waals surface area (Å²) in [5.41, 5.74) is 2.28. The third kappa shape index (κ3) is 5.24. The van der Waals surface area contributed by atoms with Gasteiger partial charge < -0.3 is 15.1 Å². The molecule has 2 rings (SSSR count). The summed E-state index contributed by atoms with van der Waals surface area (Å²) in [6, 6.07) is 7.72. The van der Waals surface area contributed by atoms with E-state index in [2.05, 4.69) is 52.3 Å². The molecule has 6 heteroatoms. The molecule has 26 heavy (non-hydrogen) atoms. The molecule has 1 heterocycles. The van der Waals surface area contributed by atoms with Gasteiger partial charge in [0.15, 0.2) is 0 Å². The van der Waals surface area contributed by atoms with E-state index in [0.29, 0.717) is 24.6 Å². The van der Waals surface area contributed by atoms with Crippen molar-refractivity contribution in [2.45, 2.75) is 38.6 Å². The zero-order chi connectivity index (χ0) is 19.3. The quantitative estimate of drug-likeness (QED) is 0.716. The lowest BCUT2D eigenvalue weighted by molar-refractivity contribution is -0.856. The first-order chi connectivity index (χ1) is 12.3. The van der Waals surface area contributed by atoms with Crippen molar-refractivity contribution in [2.24, 2.45) is 5.92 Å². The summed E-state index contributed by atoms with van der Waals surface area (Å²) in [5, 5.41) is 2.96. The lowest BCUT2D eigenvalue weighted by Gasteiger charge is -2.33. The minimum atomic E-state index is -0.417. The summed E-state index contributed by atoms with van der Waals surface area (Å²) in [6.45, 7) is 7.75. The van der Waals surface area contributed by atoms with Gasteiger partial charge in [0.05, 0.1) is 32.9 Å². The number of likely N-dealkylation sites (N-methyl/N-ethyl adjacent to an activating group) is 1. The number of hydrogen-bond acceptors (Lipinski definition) is 3. The van der Waals surface area contributed by atoms with Crippen LogP contribution in [0, 0.1) is 12.8 Å². The maximum atomic E-state index is 12.9. The highest BCUT2D eigenvalue weighted by atomic mass is 32.2. The fourth-order valence-corrected chi connectivity index (χ4v) is 4.54. The van der Waals surface area contributed by atoms with Crippen LogP contribution in [0.4, 0.5) is 0 Å². The van der Waals surface area contributed by atoms with Crippen LogP contribution >= 0.6 is 11.8 Å².